The van der Waals surface area contributed by atoms with E-state index in [0.29, 0.717) is 6.04 Å². The Morgan fingerprint density at radius 3 is 2.93 bits per heavy atom. The van der Waals surface area contributed by atoms with Gasteiger partial charge in [-0.2, -0.15) is 11.8 Å². The largest absolute Gasteiger partial charge is 0.360 e. The van der Waals surface area contributed by atoms with Crippen molar-refractivity contribution in [2.75, 3.05) is 18.8 Å². The molecule has 0 aliphatic carbocycles. The number of hydrogen-bond acceptors (Lipinski definition) is 2. The average Bonchev–Trinajstić information content (AvgIpc) is 2.17. The number of hydrogen-bond donors (Lipinski definition) is 1. The number of thioether (sulfide) groups is 1. The molecule has 0 radical (unpaired) electrons. The predicted molar refractivity (Wildman–Crippen MR) is 69.0 cm³/mol. The van der Waals surface area contributed by atoms with Crippen molar-refractivity contribution < 1.29 is 0 Å². The lowest BCUT2D eigenvalue weighted by Crippen LogP contribution is -2.48. The van der Waals surface area contributed by atoms with Crippen molar-refractivity contribution in [3.05, 3.63) is 0 Å². The molecule has 0 amide bonds. The first-order valence-corrected chi connectivity index (χ1v) is 6.76. The van der Waals surface area contributed by atoms with Crippen molar-refractivity contribution in [3.8, 4) is 0 Å². The van der Waals surface area contributed by atoms with E-state index in [4.69, 9.17) is 12.2 Å². The molecule has 1 fully saturated rings. The van der Waals surface area contributed by atoms with E-state index >= 15 is 0 Å². The van der Waals surface area contributed by atoms with Gasteiger partial charge in [-0.05, 0) is 32.5 Å². The second kappa shape index (κ2) is 5.81. The molecule has 1 rings (SSSR count). The van der Waals surface area contributed by atoms with Crippen LogP contribution in [0, 0.1) is 0 Å². The second-order valence-corrected chi connectivity index (χ2v) is 5.75. The molecule has 0 aromatic carbocycles. The quantitative estimate of drug-likeness (QED) is 0.733. The fraction of sp³-hybridized carbons (Fsp3) is 0.900. The second-order valence-electron chi connectivity index (χ2n) is 3.95. The summed E-state index contributed by atoms with van der Waals surface area (Å²) in [6, 6.07) is 0.442. The third-order valence-electron chi connectivity index (χ3n) is 2.29. The Morgan fingerprint density at radius 2 is 2.36 bits per heavy atom. The molecule has 0 aromatic rings. The molecule has 0 aromatic heterocycles. The zero-order valence-corrected chi connectivity index (χ0v) is 10.9. The highest BCUT2D eigenvalue weighted by Gasteiger charge is 2.20. The van der Waals surface area contributed by atoms with E-state index in [9.17, 15) is 0 Å². The van der Waals surface area contributed by atoms with Gasteiger partial charge in [0.2, 0.25) is 0 Å². The van der Waals surface area contributed by atoms with Gasteiger partial charge in [0.1, 0.15) is 0 Å². The predicted octanol–water partition coefficient (Wildman–Crippen LogP) is 2.10. The molecule has 0 spiro atoms. The van der Waals surface area contributed by atoms with Crippen molar-refractivity contribution in [3.63, 3.8) is 0 Å². The van der Waals surface area contributed by atoms with Crippen LogP contribution in [0.1, 0.15) is 27.2 Å². The Hall–Kier alpha value is 0.0400. The molecule has 4 heteroatoms. The van der Waals surface area contributed by atoms with Crippen molar-refractivity contribution in [1.29, 1.82) is 0 Å². The van der Waals surface area contributed by atoms with Gasteiger partial charge in [-0.1, -0.05) is 6.92 Å². The standard InChI is InChI=1S/C10H20N2S2/c1-4-9-7-12(5-6-14-9)10(13)11-8(2)3/h8-9H,4-7H2,1-3H3,(H,11,13). The molecule has 1 aliphatic rings. The van der Waals surface area contributed by atoms with Crippen molar-refractivity contribution in [2.45, 2.75) is 38.5 Å². The molecule has 0 bridgehead atoms. The number of thiocarbonyl (C=S) groups is 1. The van der Waals surface area contributed by atoms with Crippen LogP contribution in [0.15, 0.2) is 0 Å². The molecule has 1 aliphatic heterocycles. The van der Waals surface area contributed by atoms with Gasteiger partial charge >= 0.3 is 0 Å². The summed E-state index contributed by atoms with van der Waals surface area (Å²) in [6.45, 7) is 8.71. The lowest BCUT2D eigenvalue weighted by molar-refractivity contribution is 0.413. The summed E-state index contributed by atoms with van der Waals surface area (Å²) in [4.78, 5) is 2.31. The monoisotopic (exact) mass is 232 g/mol. The topological polar surface area (TPSA) is 15.3 Å². The molecule has 82 valence electrons. The van der Waals surface area contributed by atoms with Crippen molar-refractivity contribution in [1.82, 2.24) is 10.2 Å². The minimum atomic E-state index is 0.442. The molecule has 1 N–H and O–H groups in total. The third-order valence-corrected chi connectivity index (χ3v) is 4.04. The molecule has 1 atom stereocenters. The van der Waals surface area contributed by atoms with Crippen LogP contribution in [0.4, 0.5) is 0 Å². The molecule has 14 heavy (non-hydrogen) atoms. The van der Waals surface area contributed by atoms with E-state index in [2.05, 4.69) is 42.7 Å². The normalized spacial score (nSPS) is 22.6. The number of nitrogens with zero attached hydrogens (tertiary/aromatic N) is 1. The highest BCUT2D eigenvalue weighted by atomic mass is 32.2. The summed E-state index contributed by atoms with van der Waals surface area (Å²) in [5.41, 5.74) is 0. The lowest BCUT2D eigenvalue weighted by atomic mass is 10.3. The van der Waals surface area contributed by atoms with Crippen molar-refractivity contribution in [2.24, 2.45) is 0 Å². The van der Waals surface area contributed by atoms with Gasteiger partial charge < -0.3 is 10.2 Å². The first-order valence-electron chi connectivity index (χ1n) is 5.30. The fourth-order valence-electron chi connectivity index (χ4n) is 1.49. The summed E-state index contributed by atoms with van der Waals surface area (Å²) in [5, 5.41) is 4.99. The van der Waals surface area contributed by atoms with Crippen LogP contribution >= 0.6 is 24.0 Å². The van der Waals surface area contributed by atoms with E-state index in [-0.39, 0.29) is 0 Å². The molecule has 1 unspecified atom stereocenters. The first kappa shape index (κ1) is 12.1. The van der Waals surface area contributed by atoms with E-state index in [1.165, 1.54) is 12.2 Å². The van der Waals surface area contributed by atoms with Gasteiger partial charge in [0.25, 0.3) is 0 Å². The Labute approximate surface area is 96.8 Å². The molecule has 2 nitrogen and oxygen atoms in total. The van der Waals surface area contributed by atoms with Crippen LogP contribution in [0.25, 0.3) is 0 Å². The van der Waals surface area contributed by atoms with Gasteiger partial charge in [-0.15, -0.1) is 0 Å². The Bertz CT molecular complexity index is 195. The summed E-state index contributed by atoms with van der Waals surface area (Å²) in [7, 11) is 0. The van der Waals surface area contributed by atoms with Gasteiger partial charge in [-0.25, -0.2) is 0 Å². The van der Waals surface area contributed by atoms with Crippen LogP contribution in [0.5, 0.6) is 0 Å². The summed E-state index contributed by atoms with van der Waals surface area (Å²) in [5.74, 6) is 1.21. The van der Waals surface area contributed by atoms with E-state index in [1.54, 1.807) is 0 Å². The number of rotatable bonds is 2. The minimum Gasteiger partial charge on any atom is -0.360 e. The molecule has 0 saturated carbocycles. The van der Waals surface area contributed by atoms with E-state index in [0.717, 1.165) is 23.5 Å². The summed E-state index contributed by atoms with van der Waals surface area (Å²) in [6.07, 6.45) is 1.24. The summed E-state index contributed by atoms with van der Waals surface area (Å²) < 4.78 is 0. The van der Waals surface area contributed by atoms with Crippen LogP contribution in [0.3, 0.4) is 0 Å². The van der Waals surface area contributed by atoms with E-state index in [1.807, 2.05) is 0 Å². The Morgan fingerprint density at radius 1 is 1.64 bits per heavy atom. The molecule has 1 heterocycles. The summed E-state index contributed by atoms with van der Waals surface area (Å²) >= 11 is 7.43. The minimum absolute atomic E-state index is 0.442. The highest BCUT2D eigenvalue weighted by molar-refractivity contribution is 8.00. The zero-order chi connectivity index (χ0) is 10.6. The maximum atomic E-state index is 5.36. The smallest absolute Gasteiger partial charge is 0.169 e. The molecular formula is C10H20N2S2. The maximum absolute atomic E-state index is 5.36. The van der Waals surface area contributed by atoms with Gasteiger partial charge in [-0.3, -0.25) is 0 Å². The number of nitrogens with one attached hydrogen (secondary N) is 1. The van der Waals surface area contributed by atoms with Crippen LogP contribution in [-0.2, 0) is 0 Å². The lowest BCUT2D eigenvalue weighted by Gasteiger charge is -2.34. The molecule has 1 saturated heterocycles. The maximum Gasteiger partial charge on any atom is 0.169 e. The highest BCUT2D eigenvalue weighted by Crippen LogP contribution is 2.20. The Kier molecular flexibility index (Phi) is 5.02. The zero-order valence-electron chi connectivity index (χ0n) is 9.25. The van der Waals surface area contributed by atoms with Crippen molar-refractivity contribution >= 4 is 29.1 Å². The third kappa shape index (κ3) is 3.65. The van der Waals surface area contributed by atoms with Crippen LogP contribution in [-0.4, -0.2) is 40.1 Å². The van der Waals surface area contributed by atoms with E-state index < -0.39 is 0 Å². The Balaban J connectivity index is 2.39. The average molecular weight is 232 g/mol. The fourth-order valence-corrected chi connectivity index (χ4v) is 3.07. The van der Waals surface area contributed by atoms with Crippen LogP contribution in [0.2, 0.25) is 0 Å². The SMILES string of the molecule is CCC1CN(C(=S)NC(C)C)CCS1. The first-order chi connectivity index (χ1) is 6.63. The molecular weight excluding hydrogens is 212 g/mol. The van der Waals surface area contributed by atoms with Crippen LogP contribution < -0.4 is 5.32 Å². The van der Waals surface area contributed by atoms with Gasteiger partial charge in [0.05, 0.1) is 0 Å². The van der Waals surface area contributed by atoms with Gasteiger partial charge in [0, 0.05) is 30.1 Å². The van der Waals surface area contributed by atoms with Gasteiger partial charge in [0.15, 0.2) is 5.11 Å².